The first-order chi connectivity index (χ1) is 6.88. The van der Waals surface area contributed by atoms with Crippen LogP contribution in [-0.2, 0) is 9.05 Å². The number of hydrogen-bond acceptors (Lipinski definition) is 3. The molecular weight excluding hydrogens is 236 g/mol. The Labute approximate surface area is 93.5 Å². The fourth-order valence-corrected chi connectivity index (χ4v) is 1.76. The van der Waals surface area contributed by atoms with Crippen LogP contribution in [0.25, 0.3) is 0 Å². The van der Waals surface area contributed by atoms with Crippen LogP contribution in [0, 0.1) is 6.92 Å². The van der Waals surface area contributed by atoms with E-state index in [2.05, 4.69) is 0 Å². The van der Waals surface area contributed by atoms with Gasteiger partial charge in [0.1, 0.15) is 0 Å². The molecule has 0 fully saturated rings. The predicted molar refractivity (Wildman–Crippen MR) is 59.8 cm³/mol. The van der Waals surface area contributed by atoms with Gasteiger partial charge in [0.25, 0.3) is 0 Å². The van der Waals surface area contributed by atoms with Gasteiger partial charge in [0.05, 0.1) is 5.75 Å². The quantitative estimate of drug-likeness (QED) is 0.604. The van der Waals surface area contributed by atoms with Crippen molar-refractivity contribution < 1.29 is 13.2 Å². The summed E-state index contributed by atoms with van der Waals surface area (Å²) < 4.78 is 21.3. The summed E-state index contributed by atoms with van der Waals surface area (Å²) in [5.41, 5.74) is 1.57. The van der Waals surface area contributed by atoms with E-state index in [1.165, 1.54) is 0 Å². The molecule has 0 saturated heterocycles. The average Bonchev–Trinajstić information content (AvgIpc) is 2.14. The van der Waals surface area contributed by atoms with Crippen LogP contribution in [0.5, 0.6) is 0 Å². The van der Waals surface area contributed by atoms with Gasteiger partial charge in [-0.15, -0.1) is 0 Å². The first-order valence-corrected chi connectivity index (χ1v) is 6.88. The van der Waals surface area contributed by atoms with Crippen LogP contribution in [-0.4, -0.2) is 20.0 Å². The fraction of sp³-hybridized carbons (Fsp3) is 0.300. The molecule has 0 heterocycles. The molecule has 15 heavy (non-hydrogen) atoms. The highest BCUT2D eigenvalue weighted by Crippen LogP contribution is 2.08. The molecule has 0 spiro atoms. The topological polar surface area (TPSA) is 51.2 Å². The highest BCUT2D eigenvalue weighted by atomic mass is 35.7. The number of benzene rings is 1. The van der Waals surface area contributed by atoms with Crippen molar-refractivity contribution in [3.63, 3.8) is 0 Å². The standard InChI is InChI=1S/C10H11ClO3S/c1-8-2-4-9(5-3-8)10(12)6-7-15(11,13)14/h2-5H,6-7H2,1H3. The van der Waals surface area contributed by atoms with E-state index in [1.54, 1.807) is 12.1 Å². The Bertz CT molecular complexity index is 448. The van der Waals surface area contributed by atoms with Crippen molar-refractivity contribution >= 4 is 25.5 Å². The number of halogens is 1. The van der Waals surface area contributed by atoms with Crippen LogP contribution in [0.2, 0.25) is 0 Å². The van der Waals surface area contributed by atoms with Gasteiger partial charge in [-0.1, -0.05) is 29.8 Å². The second kappa shape index (κ2) is 4.77. The maximum Gasteiger partial charge on any atom is 0.233 e. The second-order valence-corrected chi connectivity index (χ2v) is 6.18. The van der Waals surface area contributed by atoms with E-state index in [9.17, 15) is 13.2 Å². The van der Waals surface area contributed by atoms with Crippen molar-refractivity contribution in [3.05, 3.63) is 35.4 Å². The lowest BCUT2D eigenvalue weighted by molar-refractivity contribution is 0.0989. The van der Waals surface area contributed by atoms with E-state index in [-0.39, 0.29) is 18.0 Å². The first-order valence-electron chi connectivity index (χ1n) is 4.41. The minimum atomic E-state index is -3.58. The molecule has 0 aliphatic heterocycles. The number of aryl methyl sites for hydroxylation is 1. The Morgan fingerprint density at radius 2 is 1.80 bits per heavy atom. The van der Waals surface area contributed by atoms with E-state index >= 15 is 0 Å². The number of rotatable bonds is 4. The monoisotopic (exact) mass is 246 g/mol. The molecule has 5 heteroatoms. The Hall–Kier alpha value is -0.870. The van der Waals surface area contributed by atoms with Crippen molar-refractivity contribution in [1.29, 1.82) is 0 Å². The molecule has 1 aromatic carbocycles. The van der Waals surface area contributed by atoms with Crippen LogP contribution in [0.1, 0.15) is 22.3 Å². The minimum absolute atomic E-state index is 0.0745. The average molecular weight is 247 g/mol. The molecule has 0 amide bonds. The van der Waals surface area contributed by atoms with Gasteiger partial charge < -0.3 is 0 Å². The van der Waals surface area contributed by atoms with Gasteiger partial charge in [-0.2, -0.15) is 0 Å². The smallest absolute Gasteiger partial charge is 0.233 e. The van der Waals surface area contributed by atoms with Gasteiger partial charge in [0.2, 0.25) is 9.05 Å². The van der Waals surface area contributed by atoms with Gasteiger partial charge in [0.15, 0.2) is 5.78 Å². The molecular formula is C10H11ClO3S. The number of carbonyl (C=O) groups excluding carboxylic acids is 1. The fourth-order valence-electron chi connectivity index (χ4n) is 1.10. The molecule has 0 saturated carbocycles. The Balaban J connectivity index is 2.66. The van der Waals surface area contributed by atoms with E-state index in [0.29, 0.717) is 5.56 Å². The van der Waals surface area contributed by atoms with Crippen molar-refractivity contribution in [1.82, 2.24) is 0 Å². The summed E-state index contributed by atoms with van der Waals surface area (Å²) in [5, 5.41) is 0. The molecule has 0 aliphatic rings. The molecule has 0 aliphatic carbocycles. The molecule has 0 radical (unpaired) electrons. The zero-order valence-corrected chi connectivity index (χ0v) is 9.81. The van der Waals surface area contributed by atoms with Gasteiger partial charge in [-0.3, -0.25) is 4.79 Å². The molecule has 0 bridgehead atoms. The molecule has 0 N–H and O–H groups in total. The van der Waals surface area contributed by atoms with Crippen LogP contribution in [0.3, 0.4) is 0 Å². The summed E-state index contributed by atoms with van der Waals surface area (Å²) in [4.78, 5) is 11.5. The zero-order chi connectivity index (χ0) is 11.5. The SMILES string of the molecule is Cc1ccc(C(=O)CCS(=O)(=O)Cl)cc1. The Kier molecular flexibility index (Phi) is 3.88. The third kappa shape index (κ3) is 4.44. The Morgan fingerprint density at radius 3 is 2.27 bits per heavy atom. The number of hydrogen-bond donors (Lipinski definition) is 0. The summed E-state index contributed by atoms with van der Waals surface area (Å²) in [6, 6.07) is 6.97. The van der Waals surface area contributed by atoms with Crippen molar-refractivity contribution in [3.8, 4) is 0 Å². The molecule has 82 valence electrons. The third-order valence-corrected chi connectivity index (χ3v) is 3.10. The molecule has 0 unspecified atom stereocenters. The van der Waals surface area contributed by atoms with Crippen LogP contribution in [0.4, 0.5) is 0 Å². The van der Waals surface area contributed by atoms with Gasteiger partial charge in [-0.05, 0) is 6.92 Å². The highest BCUT2D eigenvalue weighted by Gasteiger charge is 2.11. The lowest BCUT2D eigenvalue weighted by Crippen LogP contribution is -2.06. The second-order valence-electron chi connectivity index (χ2n) is 3.28. The van der Waals surface area contributed by atoms with E-state index < -0.39 is 9.05 Å². The normalized spacial score (nSPS) is 11.3. The van der Waals surface area contributed by atoms with Crippen molar-refractivity contribution in [2.24, 2.45) is 0 Å². The predicted octanol–water partition coefficient (Wildman–Crippen LogP) is 2.14. The lowest BCUT2D eigenvalue weighted by atomic mass is 10.1. The van der Waals surface area contributed by atoms with Gasteiger partial charge in [0, 0.05) is 22.7 Å². The summed E-state index contributed by atoms with van der Waals surface area (Å²) >= 11 is 0. The number of Topliss-reactive ketones (excluding diaryl/α,β-unsaturated/α-hetero) is 1. The van der Waals surface area contributed by atoms with Gasteiger partial charge in [-0.25, -0.2) is 8.42 Å². The lowest BCUT2D eigenvalue weighted by Gasteiger charge is -1.99. The molecule has 0 atom stereocenters. The molecule has 1 rings (SSSR count). The molecule has 1 aromatic rings. The van der Waals surface area contributed by atoms with Crippen LogP contribution in [0.15, 0.2) is 24.3 Å². The maximum absolute atomic E-state index is 11.5. The number of ketones is 1. The minimum Gasteiger partial charge on any atom is -0.294 e. The van der Waals surface area contributed by atoms with E-state index in [4.69, 9.17) is 10.7 Å². The molecule has 3 nitrogen and oxygen atoms in total. The van der Waals surface area contributed by atoms with Crippen LogP contribution < -0.4 is 0 Å². The van der Waals surface area contributed by atoms with Gasteiger partial charge >= 0.3 is 0 Å². The van der Waals surface area contributed by atoms with E-state index in [0.717, 1.165) is 5.56 Å². The van der Waals surface area contributed by atoms with Crippen molar-refractivity contribution in [2.45, 2.75) is 13.3 Å². The zero-order valence-electron chi connectivity index (χ0n) is 8.23. The molecule has 0 aromatic heterocycles. The summed E-state index contributed by atoms with van der Waals surface area (Å²) in [7, 11) is 1.43. The third-order valence-electron chi connectivity index (χ3n) is 1.95. The van der Waals surface area contributed by atoms with Crippen LogP contribution >= 0.6 is 10.7 Å². The first kappa shape index (κ1) is 12.2. The Morgan fingerprint density at radius 1 is 1.27 bits per heavy atom. The largest absolute Gasteiger partial charge is 0.294 e. The number of carbonyl (C=O) groups is 1. The highest BCUT2D eigenvalue weighted by molar-refractivity contribution is 8.13. The maximum atomic E-state index is 11.5. The summed E-state index contributed by atoms with van der Waals surface area (Å²) in [6.07, 6.45) is -0.0745. The van der Waals surface area contributed by atoms with Crippen molar-refractivity contribution in [2.75, 3.05) is 5.75 Å². The van der Waals surface area contributed by atoms with E-state index in [1.807, 2.05) is 19.1 Å². The summed E-state index contributed by atoms with van der Waals surface area (Å²) in [6.45, 7) is 1.91. The summed E-state index contributed by atoms with van der Waals surface area (Å²) in [5.74, 6) is -0.527.